The predicted molar refractivity (Wildman–Crippen MR) is 71.0 cm³/mol. The van der Waals surface area contributed by atoms with Crippen molar-refractivity contribution in [2.45, 2.75) is 32.2 Å². The summed E-state index contributed by atoms with van der Waals surface area (Å²) in [5.41, 5.74) is 6.70. The lowest BCUT2D eigenvalue weighted by Gasteiger charge is -2.10. The van der Waals surface area contributed by atoms with Crippen molar-refractivity contribution in [3.8, 4) is 0 Å². The fraction of sp³-hybridized carbons (Fsp3) is 0.429. The van der Waals surface area contributed by atoms with Gasteiger partial charge >= 0.3 is 0 Å². The second-order valence-corrected chi connectivity index (χ2v) is 4.27. The van der Waals surface area contributed by atoms with Crippen molar-refractivity contribution in [2.75, 3.05) is 6.54 Å². The van der Waals surface area contributed by atoms with Crippen molar-refractivity contribution in [3.63, 3.8) is 0 Å². The zero-order valence-electron chi connectivity index (χ0n) is 10.7. The van der Waals surface area contributed by atoms with Crippen LogP contribution in [0.2, 0.25) is 0 Å². The average Bonchev–Trinajstić information content (AvgIpc) is 2.39. The molecule has 1 aromatic rings. The van der Waals surface area contributed by atoms with Gasteiger partial charge in [-0.05, 0) is 18.4 Å². The third kappa shape index (κ3) is 4.67. The van der Waals surface area contributed by atoms with E-state index in [2.05, 4.69) is 5.32 Å². The van der Waals surface area contributed by atoms with E-state index in [0.717, 1.165) is 18.4 Å². The summed E-state index contributed by atoms with van der Waals surface area (Å²) in [6.07, 6.45) is 2.23. The number of hydrogen-bond donors (Lipinski definition) is 2. The van der Waals surface area contributed by atoms with Crippen LogP contribution in [0.3, 0.4) is 0 Å². The zero-order valence-corrected chi connectivity index (χ0v) is 10.7. The Bertz CT molecular complexity index is 390. The summed E-state index contributed by atoms with van der Waals surface area (Å²) in [6.45, 7) is 2.55. The van der Waals surface area contributed by atoms with Gasteiger partial charge in [0.15, 0.2) is 0 Å². The summed E-state index contributed by atoms with van der Waals surface area (Å²) < 4.78 is 0. The molecule has 0 fully saturated rings. The average molecular weight is 248 g/mol. The quantitative estimate of drug-likeness (QED) is 0.559. The molecule has 0 aromatic heterocycles. The van der Waals surface area contributed by atoms with E-state index in [1.54, 1.807) is 0 Å². The highest BCUT2D eigenvalue weighted by Gasteiger charge is 2.21. The highest BCUT2D eigenvalue weighted by Crippen LogP contribution is 2.02. The highest BCUT2D eigenvalue weighted by atomic mass is 16.2. The van der Waals surface area contributed by atoms with E-state index in [1.807, 2.05) is 37.3 Å². The van der Waals surface area contributed by atoms with Gasteiger partial charge in [-0.2, -0.15) is 0 Å². The van der Waals surface area contributed by atoms with E-state index in [4.69, 9.17) is 5.73 Å². The molecular weight excluding hydrogens is 228 g/mol. The van der Waals surface area contributed by atoms with Gasteiger partial charge in [0.1, 0.15) is 0 Å². The number of Topliss-reactive ketones (excluding diaryl/α,β-unsaturated/α-hetero) is 1. The normalized spacial score (nSPS) is 11.9. The molecular formula is C14H20N2O2. The van der Waals surface area contributed by atoms with Gasteiger partial charge in [-0.25, -0.2) is 0 Å². The van der Waals surface area contributed by atoms with E-state index in [0.29, 0.717) is 13.0 Å². The maximum absolute atomic E-state index is 11.7. The van der Waals surface area contributed by atoms with E-state index in [-0.39, 0.29) is 0 Å². The monoisotopic (exact) mass is 248 g/mol. The largest absolute Gasteiger partial charge is 0.349 e. The molecule has 1 atom stereocenters. The number of carbonyl (C=O) groups is 2. The van der Waals surface area contributed by atoms with E-state index in [1.165, 1.54) is 0 Å². The molecule has 0 spiro atoms. The van der Waals surface area contributed by atoms with E-state index in [9.17, 15) is 9.59 Å². The summed E-state index contributed by atoms with van der Waals surface area (Å²) in [7, 11) is 0. The van der Waals surface area contributed by atoms with Crippen LogP contribution in [0.15, 0.2) is 30.3 Å². The lowest BCUT2D eigenvalue weighted by Crippen LogP contribution is -2.43. The Morgan fingerprint density at radius 2 is 1.94 bits per heavy atom. The lowest BCUT2D eigenvalue weighted by molar-refractivity contribution is -0.138. The molecule has 0 aliphatic heterocycles. The zero-order chi connectivity index (χ0) is 13.4. The molecule has 18 heavy (non-hydrogen) atoms. The lowest BCUT2D eigenvalue weighted by atomic mass is 10.0. The number of hydrogen-bond acceptors (Lipinski definition) is 3. The summed E-state index contributed by atoms with van der Waals surface area (Å²) >= 11 is 0. The van der Waals surface area contributed by atoms with Gasteiger partial charge in [-0.15, -0.1) is 0 Å². The molecule has 3 N–H and O–H groups in total. The van der Waals surface area contributed by atoms with Crippen LogP contribution in [0.1, 0.15) is 25.3 Å². The predicted octanol–water partition coefficient (Wildman–Crippen LogP) is 1.04. The number of rotatable bonds is 7. The summed E-state index contributed by atoms with van der Waals surface area (Å²) in [5.74, 6) is -1.12. The molecule has 0 heterocycles. The fourth-order valence-electron chi connectivity index (χ4n) is 1.59. The van der Waals surface area contributed by atoms with Crippen molar-refractivity contribution in [1.29, 1.82) is 0 Å². The standard InChI is InChI=1S/C14H20N2O2/c1-2-3-9-16-14(18)13(17)12(15)10-11-7-5-4-6-8-11/h4-8,12H,2-3,9-10,15H2,1H3,(H,16,18). The molecule has 0 aliphatic rings. The molecule has 0 radical (unpaired) electrons. The van der Waals surface area contributed by atoms with Crippen molar-refractivity contribution in [3.05, 3.63) is 35.9 Å². The Morgan fingerprint density at radius 1 is 1.28 bits per heavy atom. The highest BCUT2D eigenvalue weighted by molar-refractivity contribution is 6.38. The van der Waals surface area contributed by atoms with E-state index < -0.39 is 17.7 Å². The van der Waals surface area contributed by atoms with Gasteiger partial charge in [0.05, 0.1) is 6.04 Å². The minimum absolute atomic E-state index is 0.390. The molecule has 1 unspecified atom stereocenters. The Hall–Kier alpha value is -1.68. The van der Waals surface area contributed by atoms with E-state index >= 15 is 0 Å². The smallest absolute Gasteiger partial charge is 0.289 e. The number of benzene rings is 1. The third-order valence-electron chi connectivity index (χ3n) is 2.67. The van der Waals surface area contributed by atoms with Crippen LogP contribution >= 0.6 is 0 Å². The number of ketones is 1. The van der Waals surface area contributed by atoms with Crippen LogP contribution < -0.4 is 11.1 Å². The minimum atomic E-state index is -0.769. The summed E-state index contributed by atoms with van der Waals surface area (Å²) in [5, 5.41) is 2.58. The Kier molecular flexibility index (Phi) is 6.08. The summed E-state index contributed by atoms with van der Waals surface area (Å²) in [4.78, 5) is 23.2. The number of amides is 1. The Labute approximate surface area is 108 Å². The summed E-state index contributed by atoms with van der Waals surface area (Å²) in [6, 6.07) is 8.68. The number of unbranched alkanes of at least 4 members (excludes halogenated alkanes) is 1. The molecule has 0 saturated carbocycles. The van der Waals surface area contributed by atoms with Gasteiger partial charge in [0.25, 0.3) is 5.91 Å². The van der Waals surface area contributed by atoms with Gasteiger partial charge in [0.2, 0.25) is 5.78 Å². The molecule has 1 rings (SSSR count). The van der Waals surface area contributed by atoms with Crippen LogP contribution in [0.5, 0.6) is 0 Å². The number of nitrogens with two attached hydrogens (primary N) is 1. The first kappa shape index (κ1) is 14.4. The first-order valence-corrected chi connectivity index (χ1v) is 6.26. The first-order chi connectivity index (χ1) is 8.65. The molecule has 98 valence electrons. The molecule has 1 aromatic carbocycles. The molecule has 1 amide bonds. The van der Waals surface area contributed by atoms with Crippen LogP contribution in [0.4, 0.5) is 0 Å². The van der Waals surface area contributed by atoms with Gasteiger partial charge in [0, 0.05) is 6.54 Å². The molecule has 4 heteroatoms. The molecule has 0 aliphatic carbocycles. The molecule has 0 bridgehead atoms. The van der Waals surface area contributed by atoms with Crippen molar-refractivity contribution >= 4 is 11.7 Å². The first-order valence-electron chi connectivity index (χ1n) is 6.26. The van der Waals surface area contributed by atoms with Crippen molar-refractivity contribution < 1.29 is 9.59 Å². The third-order valence-corrected chi connectivity index (χ3v) is 2.67. The molecule has 4 nitrogen and oxygen atoms in total. The number of carbonyl (C=O) groups excluding carboxylic acids is 2. The van der Waals surface area contributed by atoms with Gasteiger partial charge in [-0.3, -0.25) is 9.59 Å². The van der Waals surface area contributed by atoms with Gasteiger partial charge in [-0.1, -0.05) is 43.7 Å². The second-order valence-electron chi connectivity index (χ2n) is 4.27. The maximum Gasteiger partial charge on any atom is 0.289 e. The van der Waals surface area contributed by atoms with Crippen molar-refractivity contribution in [2.24, 2.45) is 5.73 Å². The van der Waals surface area contributed by atoms with Crippen LogP contribution in [-0.2, 0) is 16.0 Å². The Morgan fingerprint density at radius 3 is 2.56 bits per heavy atom. The topological polar surface area (TPSA) is 72.2 Å². The second kappa shape index (κ2) is 7.61. The molecule has 0 saturated heterocycles. The van der Waals surface area contributed by atoms with Gasteiger partial charge < -0.3 is 11.1 Å². The van der Waals surface area contributed by atoms with Crippen molar-refractivity contribution in [1.82, 2.24) is 5.32 Å². The minimum Gasteiger partial charge on any atom is -0.349 e. The number of nitrogens with one attached hydrogen (secondary N) is 1. The fourth-order valence-corrected chi connectivity index (χ4v) is 1.59. The maximum atomic E-state index is 11.7. The Balaban J connectivity index is 2.43. The van der Waals surface area contributed by atoms with Crippen LogP contribution in [0, 0.1) is 0 Å². The van der Waals surface area contributed by atoms with Crippen LogP contribution in [0.25, 0.3) is 0 Å². The van der Waals surface area contributed by atoms with Crippen LogP contribution in [-0.4, -0.2) is 24.3 Å². The SMILES string of the molecule is CCCCNC(=O)C(=O)C(N)Cc1ccccc1.